The van der Waals surface area contributed by atoms with Crippen molar-refractivity contribution < 1.29 is 9.90 Å². The lowest BCUT2D eigenvalue weighted by molar-refractivity contribution is 0.00536. The summed E-state index contributed by atoms with van der Waals surface area (Å²) in [7, 11) is 0. The Bertz CT molecular complexity index is 559. The molecule has 1 amide bonds. The average Bonchev–Trinajstić information content (AvgIpc) is 2.84. The van der Waals surface area contributed by atoms with Crippen LogP contribution < -0.4 is 0 Å². The van der Waals surface area contributed by atoms with Crippen LogP contribution in [0.5, 0.6) is 0 Å². The van der Waals surface area contributed by atoms with Crippen LogP contribution in [-0.2, 0) is 0 Å². The first-order chi connectivity index (χ1) is 8.75. The lowest BCUT2D eigenvalue weighted by Crippen LogP contribution is -2.53. The maximum Gasteiger partial charge on any atom is 0.272 e. The van der Waals surface area contributed by atoms with Gasteiger partial charge >= 0.3 is 0 Å². The lowest BCUT2D eigenvalue weighted by atomic mass is 10.1. The summed E-state index contributed by atoms with van der Waals surface area (Å²) in [6, 6.07) is 9.59. The van der Waals surface area contributed by atoms with Crippen LogP contribution in [0.3, 0.4) is 0 Å². The number of hydrogen-bond acceptors (Lipinski definition) is 3. The first-order valence-corrected chi connectivity index (χ1v) is 5.81. The van der Waals surface area contributed by atoms with Gasteiger partial charge in [-0.3, -0.25) is 9.36 Å². The highest BCUT2D eigenvalue weighted by molar-refractivity contribution is 5.93. The molecule has 0 aliphatic carbocycles. The third kappa shape index (κ3) is 1.78. The molecule has 0 atom stereocenters. The van der Waals surface area contributed by atoms with E-state index in [0.717, 1.165) is 5.69 Å². The van der Waals surface area contributed by atoms with E-state index in [1.165, 1.54) is 0 Å². The van der Waals surface area contributed by atoms with Crippen LogP contribution in [0.1, 0.15) is 10.5 Å². The molecule has 5 nitrogen and oxygen atoms in total. The minimum atomic E-state index is -0.387. The van der Waals surface area contributed by atoms with Crippen molar-refractivity contribution in [3.05, 3.63) is 48.5 Å². The SMILES string of the molecule is O=C(c1cncn1-c1ccccc1)N1CC(O)C1. The molecule has 1 aliphatic rings. The predicted octanol–water partition coefficient (Wildman–Crippen LogP) is 0.689. The zero-order chi connectivity index (χ0) is 12.5. The van der Waals surface area contributed by atoms with Gasteiger partial charge in [-0.05, 0) is 12.1 Å². The fourth-order valence-electron chi connectivity index (χ4n) is 2.03. The standard InChI is InChI=1S/C13H13N3O2/c17-11-7-15(8-11)13(18)12-6-14-9-16(12)10-4-2-1-3-5-10/h1-6,9,11,17H,7-8H2. The molecular weight excluding hydrogens is 230 g/mol. The third-order valence-electron chi connectivity index (χ3n) is 3.04. The van der Waals surface area contributed by atoms with Crippen molar-refractivity contribution in [1.82, 2.24) is 14.5 Å². The highest BCUT2D eigenvalue weighted by Crippen LogP contribution is 2.16. The van der Waals surface area contributed by atoms with Crippen molar-refractivity contribution in [2.45, 2.75) is 6.10 Å². The fraction of sp³-hybridized carbons (Fsp3) is 0.231. The van der Waals surface area contributed by atoms with Gasteiger partial charge in [-0.2, -0.15) is 0 Å². The average molecular weight is 243 g/mol. The summed E-state index contributed by atoms with van der Waals surface area (Å²) in [6.45, 7) is 0.803. The van der Waals surface area contributed by atoms with Crippen LogP contribution in [-0.4, -0.2) is 44.7 Å². The van der Waals surface area contributed by atoms with E-state index in [0.29, 0.717) is 18.8 Å². The summed E-state index contributed by atoms with van der Waals surface area (Å²) in [5.74, 6) is -0.0957. The van der Waals surface area contributed by atoms with Crippen LogP contribution in [0.25, 0.3) is 5.69 Å². The van der Waals surface area contributed by atoms with Crippen molar-refractivity contribution in [1.29, 1.82) is 0 Å². The van der Waals surface area contributed by atoms with Gasteiger partial charge in [-0.1, -0.05) is 18.2 Å². The second-order valence-corrected chi connectivity index (χ2v) is 4.35. The molecule has 1 fully saturated rings. The number of aliphatic hydroxyl groups excluding tert-OH is 1. The molecule has 0 bridgehead atoms. The minimum Gasteiger partial charge on any atom is -0.389 e. The van der Waals surface area contributed by atoms with Gasteiger partial charge in [0.1, 0.15) is 5.69 Å². The molecular formula is C13H13N3O2. The van der Waals surface area contributed by atoms with E-state index in [9.17, 15) is 9.90 Å². The molecule has 0 saturated carbocycles. The van der Waals surface area contributed by atoms with Gasteiger partial charge in [0, 0.05) is 18.8 Å². The van der Waals surface area contributed by atoms with E-state index in [1.807, 2.05) is 30.3 Å². The van der Waals surface area contributed by atoms with Gasteiger partial charge in [-0.15, -0.1) is 0 Å². The van der Waals surface area contributed by atoms with Crippen molar-refractivity contribution >= 4 is 5.91 Å². The van der Waals surface area contributed by atoms with Crippen LogP contribution >= 0.6 is 0 Å². The Kier molecular flexibility index (Phi) is 2.60. The summed E-state index contributed by atoms with van der Waals surface area (Å²) >= 11 is 0. The van der Waals surface area contributed by atoms with Crippen molar-refractivity contribution in [2.75, 3.05) is 13.1 Å². The molecule has 0 spiro atoms. The van der Waals surface area contributed by atoms with Gasteiger partial charge in [-0.25, -0.2) is 4.98 Å². The monoisotopic (exact) mass is 243 g/mol. The number of aliphatic hydroxyl groups is 1. The molecule has 1 saturated heterocycles. The molecule has 1 aliphatic heterocycles. The van der Waals surface area contributed by atoms with Gasteiger partial charge in [0.05, 0.1) is 18.6 Å². The molecule has 1 aromatic carbocycles. The Hall–Kier alpha value is -2.14. The molecule has 2 aromatic rings. The van der Waals surface area contributed by atoms with Gasteiger partial charge in [0.15, 0.2) is 0 Å². The number of rotatable bonds is 2. The predicted molar refractivity (Wildman–Crippen MR) is 65.5 cm³/mol. The molecule has 1 N–H and O–H groups in total. The highest BCUT2D eigenvalue weighted by Gasteiger charge is 2.31. The van der Waals surface area contributed by atoms with E-state index in [-0.39, 0.29) is 12.0 Å². The van der Waals surface area contributed by atoms with Crippen LogP contribution in [0.2, 0.25) is 0 Å². The largest absolute Gasteiger partial charge is 0.389 e. The second kappa shape index (κ2) is 4.27. The Labute approximate surface area is 104 Å². The first-order valence-electron chi connectivity index (χ1n) is 5.81. The number of benzene rings is 1. The minimum absolute atomic E-state index is 0.0957. The number of carbonyl (C=O) groups excluding carboxylic acids is 1. The van der Waals surface area contributed by atoms with Crippen LogP contribution in [0, 0.1) is 0 Å². The molecule has 5 heteroatoms. The maximum absolute atomic E-state index is 12.2. The highest BCUT2D eigenvalue weighted by atomic mass is 16.3. The molecule has 0 unspecified atom stereocenters. The summed E-state index contributed by atoms with van der Waals surface area (Å²) in [5, 5.41) is 9.23. The van der Waals surface area contributed by atoms with Crippen molar-refractivity contribution in [3.8, 4) is 5.69 Å². The van der Waals surface area contributed by atoms with E-state index in [4.69, 9.17) is 0 Å². The maximum atomic E-state index is 12.2. The Morgan fingerprint density at radius 1 is 1.28 bits per heavy atom. The number of carbonyl (C=O) groups is 1. The summed E-state index contributed by atoms with van der Waals surface area (Å²) < 4.78 is 1.76. The molecule has 18 heavy (non-hydrogen) atoms. The number of β-amino-alcohol motifs (C(OH)–C–C–N with tert-alkyl or cyclic N) is 1. The van der Waals surface area contributed by atoms with E-state index in [1.54, 1.807) is 22.0 Å². The number of likely N-dealkylation sites (tertiary alicyclic amines) is 1. The number of nitrogens with zero attached hydrogens (tertiary/aromatic N) is 3. The Morgan fingerprint density at radius 2 is 2.00 bits per heavy atom. The van der Waals surface area contributed by atoms with Crippen molar-refractivity contribution in [3.63, 3.8) is 0 Å². The Morgan fingerprint density at radius 3 is 2.67 bits per heavy atom. The fourth-order valence-corrected chi connectivity index (χ4v) is 2.03. The van der Waals surface area contributed by atoms with Gasteiger partial charge in [0.25, 0.3) is 5.91 Å². The summed E-state index contributed by atoms with van der Waals surface area (Å²) in [4.78, 5) is 17.8. The molecule has 3 rings (SSSR count). The third-order valence-corrected chi connectivity index (χ3v) is 3.04. The summed E-state index contributed by atoms with van der Waals surface area (Å²) in [5.41, 5.74) is 1.42. The van der Waals surface area contributed by atoms with E-state index < -0.39 is 0 Å². The lowest BCUT2D eigenvalue weighted by Gasteiger charge is -2.35. The van der Waals surface area contributed by atoms with E-state index >= 15 is 0 Å². The normalized spacial score (nSPS) is 15.5. The molecule has 0 radical (unpaired) electrons. The van der Waals surface area contributed by atoms with Gasteiger partial charge < -0.3 is 10.0 Å². The van der Waals surface area contributed by atoms with Crippen LogP contribution in [0.15, 0.2) is 42.9 Å². The molecule has 1 aromatic heterocycles. The summed E-state index contributed by atoms with van der Waals surface area (Å²) in [6.07, 6.45) is 2.79. The molecule has 92 valence electrons. The zero-order valence-electron chi connectivity index (χ0n) is 9.73. The van der Waals surface area contributed by atoms with Gasteiger partial charge in [0.2, 0.25) is 0 Å². The Balaban J connectivity index is 1.90. The van der Waals surface area contributed by atoms with Crippen molar-refractivity contribution in [2.24, 2.45) is 0 Å². The quantitative estimate of drug-likeness (QED) is 0.844. The number of imidazole rings is 1. The van der Waals surface area contributed by atoms with Crippen LogP contribution in [0.4, 0.5) is 0 Å². The second-order valence-electron chi connectivity index (χ2n) is 4.35. The topological polar surface area (TPSA) is 58.4 Å². The number of para-hydroxylation sites is 1. The smallest absolute Gasteiger partial charge is 0.272 e. The number of hydrogen-bond donors (Lipinski definition) is 1. The number of amides is 1. The van der Waals surface area contributed by atoms with E-state index in [2.05, 4.69) is 4.98 Å². The molecule has 2 heterocycles. The zero-order valence-corrected chi connectivity index (χ0v) is 9.73. The number of aromatic nitrogens is 2. The first kappa shape index (κ1) is 11.0.